The molecule has 6 nitrogen and oxygen atoms in total. The first-order chi connectivity index (χ1) is 11.6. The molecule has 2 heterocycles. The van der Waals surface area contributed by atoms with Gasteiger partial charge in [0.1, 0.15) is 0 Å². The number of nitrogens with zero attached hydrogens (tertiary/aromatic N) is 4. The van der Waals surface area contributed by atoms with Gasteiger partial charge in [0, 0.05) is 44.5 Å². The van der Waals surface area contributed by atoms with E-state index in [4.69, 9.17) is 12.2 Å². The zero-order valence-electron chi connectivity index (χ0n) is 13.9. The first-order valence-corrected chi connectivity index (χ1v) is 9.13. The van der Waals surface area contributed by atoms with Gasteiger partial charge in [0.2, 0.25) is 5.13 Å². The molecule has 0 spiro atoms. The maximum atomic E-state index is 11.4. The summed E-state index contributed by atoms with van der Waals surface area (Å²) in [4.78, 5) is 16.1. The van der Waals surface area contributed by atoms with E-state index in [-0.39, 0.29) is 5.78 Å². The predicted molar refractivity (Wildman–Crippen MR) is 101 cm³/mol. The van der Waals surface area contributed by atoms with Gasteiger partial charge in [0.15, 0.2) is 9.74 Å². The van der Waals surface area contributed by atoms with E-state index in [0.29, 0.717) is 0 Å². The van der Waals surface area contributed by atoms with Crippen LogP contribution in [-0.4, -0.2) is 53.7 Å². The van der Waals surface area contributed by atoms with Gasteiger partial charge in [-0.3, -0.25) is 9.69 Å². The fourth-order valence-corrected chi connectivity index (χ4v) is 3.69. The molecule has 8 heteroatoms. The molecule has 1 aromatic heterocycles. The number of aromatic nitrogens is 2. The summed E-state index contributed by atoms with van der Waals surface area (Å²) < 4.78 is 2.67. The van der Waals surface area contributed by atoms with Crippen molar-refractivity contribution in [1.82, 2.24) is 14.7 Å². The van der Waals surface area contributed by atoms with E-state index in [9.17, 15) is 4.79 Å². The van der Waals surface area contributed by atoms with Crippen molar-refractivity contribution in [3.8, 4) is 0 Å². The Labute approximate surface area is 150 Å². The second-order valence-electron chi connectivity index (χ2n) is 5.77. The number of carbonyl (C=O) groups is 1. The zero-order valence-corrected chi connectivity index (χ0v) is 15.5. The molecule has 0 aliphatic carbocycles. The van der Waals surface area contributed by atoms with E-state index in [1.54, 1.807) is 6.92 Å². The fraction of sp³-hybridized carbons (Fsp3) is 0.438. The Hall–Kier alpha value is -1.77. The molecule has 1 aliphatic rings. The first-order valence-electron chi connectivity index (χ1n) is 7.91. The number of benzene rings is 1. The number of hydrogen-bond acceptors (Lipinski definition) is 7. The molecule has 1 aliphatic heterocycles. The van der Waals surface area contributed by atoms with Crippen LogP contribution in [0.3, 0.4) is 0 Å². The summed E-state index contributed by atoms with van der Waals surface area (Å²) in [6, 6.07) is 7.86. The molecule has 1 fully saturated rings. The van der Waals surface area contributed by atoms with E-state index in [1.807, 2.05) is 36.0 Å². The van der Waals surface area contributed by atoms with Crippen LogP contribution in [0.5, 0.6) is 0 Å². The number of Topliss-reactive ketones (excluding diaryl/α,β-unsaturated/α-hetero) is 1. The normalized spacial score (nSPS) is 15.5. The van der Waals surface area contributed by atoms with Crippen LogP contribution in [0.15, 0.2) is 24.3 Å². The van der Waals surface area contributed by atoms with E-state index >= 15 is 0 Å². The first kappa shape index (κ1) is 17.1. The summed E-state index contributed by atoms with van der Waals surface area (Å²) in [7, 11) is 1.86. The monoisotopic (exact) mass is 363 g/mol. The highest BCUT2D eigenvalue weighted by atomic mass is 32.1. The van der Waals surface area contributed by atoms with Crippen LogP contribution in [0.25, 0.3) is 0 Å². The smallest absolute Gasteiger partial charge is 0.204 e. The number of anilines is 2. The minimum absolute atomic E-state index is 0.104. The van der Waals surface area contributed by atoms with Crippen molar-refractivity contribution in [2.75, 3.05) is 43.4 Å². The number of ketones is 1. The Morgan fingerprint density at radius 1 is 1.25 bits per heavy atom. The average Bonchev–Trinajstić information content (AvgIpc) is 2.95. The Morgan fingerprint density at radius 3 is 2.46 bits per heavy atom. The van der Waals surface area contributed by atoms with E-state index in [1.165, 1.54) is 17.0 Å². The van der Waals surface area contributed by atoms with Crippen molar-refractivity contribution in [1.29, 1.82) is 0 Å². The van der Waals surface area contributed by atoms with Gasteiger partial charge in [0.25, 0.3) is 0 Å². The van der Waals surface area contributed by atoms with Gasteiger partial charge in [-0.2, -0.15) is 0 Å². The topological polar surface area (TPSA) is 53.4 Å². The number of hydrogen-bond donors (Lipinski definition) is 1. The van der Waals surface area contributed by atoms with Crippen molar-refractivity contribution in [3.05, 3.63) is 33.8 Å². The summed E-state index contributed by atoms with van der Waals surface area (Å²) >= 11 is 6.85. The van der Waals surface area contributed by atoms with Gasteiger partial charge in [-0.1, -0.05) is 11.3 Å². The van der Waals surface area contributed by atoms with Crippen molar-refractivity contribution >= 4 is 40.2 Å². The molecular weight excluding hydrogens is 342 g/mol. The van der Waals surface area contributed by atoms with E-state index in [0.717, 1.165) is 47.5 Å². The Kier molecular flexibility index (Phi) is 5.27. The summed E-state index contributed by atoms with van der Waals surface area (Å²) in [6.45, 7) is 6.15. The molecular formula is C16H21N5OS2. The largest absolute Gasteiger partial charge is 0.369 e. The van der Waals surface area contributed by atoms with Crippen LogP contribution < -0.4 is 10.2 Å². The molecule has 24 heavy (non-hydrogen) atoms. The van der Waals surface area contributed by atoms with Crippen molar-refractivity contribution < 1.29 is 4.79 Å². The van der Waals surface area contributed by atoms with Gasteiger partial charge < -0.3 is 10.2 Å². The number of nitrogens with one attached hydrogen (secondary N) is 1. The summed E-state index contributed by atoms with van der Waals surface area (Å²) in [5.41, 5.74) is 1.93. The van der Waals surface area contributed by atoms with Gasteiger partial charge in [0.05, 0.1) is 6.67 Å². The van der Waals surface area contributed by atoms with E-state index < -0.39 is 0 Å². The lowest BCUT2D eigenvalue weighted by Gasteiger charge is -2.35. The molecule has 2 aromatic rings. The quantitative estimate of drug-likeness (QED) is 0.651. The third kappa shape index (κ3) is 3.82. The Balaban J connectivity index is 1.58. The second-order valence-corrected chi connectivity index (χ2v) is 7.39. The molecule has 128 valence electrons. The zero-order chi connectivity index (χ0) is 17.1. The van der Waals surface area contributed by atoms with Crippen LogP contribution in [0.2, 0.25) is 0 Å². The molecule has 0 saturated carbocycles. The maximum Gasteiger partial charge on any atom is 0.204 e. The molecule has 0 atom stereocenters. The summed E-state index contributed by atoms with van der Waals surface area (Å²) in [6.07, 6.45) is 0. The standard InChI is InChI=1S/C16H21N5OS2/c1-12(22)13-3-5-14(6-4-13)20-9-7-19(8-10-20)11-21-16(23)24-15(17-2)18-21/h3-6H,7-11H2,1-2H3,(H,17,18). The molecule has 1 aromatic carbocycles. The fourth-order valence-electron chi connectivity index (χ4n) is 2.74. The van der Waals surface area contributed by atoms with Gasteiger partial charge >= 0.3 is 0 Å². The van der Waals surface area contributed by atoms with Gasteiger partial charge in [-0.05, 0) is 43.4 Å². The lowest BCUT2D eigenvalue weighted by Crippen LogP contribution is -2.46. The molecule has 1 saturated heterocycles. The maximum absolute atomic E-state index is 11.4. The molecule has 3 rings (SSSR count). The second kappa shape index (κ2) is 7.42. The minimum Gasteiger partial charge on any atom is -0.369 e. The third-order valence-electron chi connectivity index (χ3n) is 4.17. The number of rotatable bonds is 5. The molecule has 1 N–H and O–H groups in total. The van der Waals surface area contributed by atoms with Crippen LogP contribution >= 0.6 is 23.6 Å². The highest BCUT2D eigenvalue weighted by Gasteiger charge is 2.18. The average molecular weight is 364 g/mol. The predicted octanol–water partition coefficient (Wildman–Crippen LogP) is 2.70. The van der Waals surface area contributed by atoms with Gasteiger partial charge in [-0.25, -0.2) is 4.68 Å². The van der Waals surface area contributed by atoms with Crippen molar-refractivity contribution in [3.63, 3.8) is 0 Å². The molecule has 0 bridgehead atoms. The number of carbonyl (C=O) groups excluding carboxylic acids is 1. The van der Waals surface area contributed by atoms with Crippen molar-refractivity contribution in [2.45, 2.75) is 13.6 Å². The Morgan fingerprint density at radius 2 is 1.92 bits per heavy atom. The molecule has 0 radical (unpaired) electrons. The lowest BCUT2D eigenvalue weighted by molar-refractivity contribution is 0.101. The van der Waals surface area contributed by atoms with Crippen LogP contribution in [0.1, 0.15) is 17.3 Å². The van der Waals surface area contributed by atoms with Crippen LogP contribution in [-0.2, 0) is 6.67 Å². The summed E-state index contributed by atoms with van der Waals surface area (Å²) in [5, 5.41) is 8.35. The summed E-state index contributed by atoms with van der Waals surface area (Å²) in [5.74, 6) is 0.104. The molecule has 0 unspecified atom stereocenters. The Bertz CT molecular complexity index is 760. The van der Waals surface area contributed by atoms with Crippen LogP contribution in [0.4, 0.5) is 10.8 Å². The van der Waals surface area contributed by atoms with Gasteiger partial charge in [-0.15, -0.1) is 5.10 Å². The van der Waals surface area contributed by atoms with E-state index in [2.05, 4.69) is 20.2 Å². The number of piperazine rings is 1. The highest BCUT2D eigenvalue weighted by molar-refractivity contribution is 7.73. The minimum atomic E-state index is 0.104. The SMILES string of the molecule is CNc1nn(CN2CCN(c3ccc(C(C)=O)cc3)CC2)c(=S)s1. The lowest BCUT2D eigenvalue weighted by atomic mass is 10.1. The molecule has 0 amide bonds. The van der Waals surface area contributed by atoms with Crippen LogP contribution in [0, 0.1) is 3.95 Å². The third-order valence-corrected chi connectivity index (χ3v) is 5.49. The highest BCUT2D eigenvalue weighted by Crippen LogP contribution is 2.19. The van der Waals surface area contributed by atoms with Crippen molar-refractivity contribution in [2.24, 2.45) is 0 Å².